The molecule has 1 fully saturated rings. The standard InChI is InChI=1S/C26H32N2O3/c1-19(31-22-15-14-20-10-4-5-11-21(20)18-22)25(29)27-24-13-7-6-12-23(24)26(30)28-16-8-2-3-9-17-28/h6-7,12-15,18-19H,2-5,8-11,16-17H2,1H3,(H,27,29)/t19-/m1/s1. The van der Waals surface area contributed by atoms with Gasteiger partial charge >= 0.3 is 0 Å². The largest absolute Gasteiger partial charge is 0.481 e. The second kappa shape index (κ2) is 9.99. The summed E-state index contributed by atoms with van der Waals surface area (Å²) >= 11 is 0. The third-order valence-corrected chi connectivity index (χ3v) is 6.31. The molecule has 2 amide bonds. The molecular formula is C26H32N2O3. The van der Waals surface area contributed by atoms with Crippen LogP contribution in [0.2, 0.25) is 0 Å². The van der Waals surface area contributed by atoms with Crippen LogP contribution < -0.4 is 10.1 Å². The number of anilines is 1. The number of hydrogen-bond donors (Lipinski definition) is 1. The summed E-state index contributed by atoms with van der Waals surface area (Å²) in [6.45, 7) is 3.30. The Kier molecular flexibility index (Phi) is 6.90. The molecule has 2 aromatic carbocycles. The maximum atomic E-state index is 13.1. The molecule has 5 nitrogen and oxygen atoms in total. The van der Waals surface area contributed by atoms with E-state index in [0.29, 0.717) is 11.3 Å². The summed E-state index contributed by atoms with van der Waals surface area (Å²) in [6.07, 6.45) is 8.36. The third-order valence-electron chi connectivity index (χ3n) is 6.31. The first-order valence-electron chi connectivity index (χ1n) is 11.6. The summed E-state index contributed by atoms with van der Waals surface area (Å²) in [7, 11) is 0. The van der Waals surface area contributed by atoms with Gasteiger partial charge in [0, 0.05) is 13.1 Å². The quantitative estimate of drug-likeness (QED) is 0.742. The van der Waals surface area contributed by atoms with Gasteiger partial charge in [-0.3, -0.25) is 9.59 Å². The molecule has 2 aliphatic rings. The van der Waals surface area contributed by atoms with Crippen molar-refractivity contribution in [1.82, 2.24) is 4.90 Å². The Morgan fingerprint density at radius 3 is 2.39 bits per heavy atom. The molecule has 1 aliphatic heterocycles. The van der Waals surface area contributed by atoms with E-state index in [0.717, 1.165) is 44.5 Å². The molecule has 1 aliphatic carbocycles. The average molecular weight is 421 g/mol. The molecule has 5 heteroatoms. The monoisotopic (exact) mass is 420 g/mol. The molecule has 1 N–H and O–H groups in total. The first-order valence-corrected chi connectivity index (χ1v) is 11.6. The molecule has 1 atom stereocenters. The van der Waals surface area contributed by atoms with Gasteiger partial charge < -0.3 is 15.0 Å². The van der Waals surface area contributed by atoms with E-state index in [1.807, 2.05) is 23.1 Å². The van der Waals surface area contributed by atoms with Crippen LogP contribution in [0.3, 0.4) is 0 Å². The van der Waals surface area contributed by atoms with Crippen molar-refractivity contribution in [2.45, 2.75) is 64.4 Å². The zero-order valence-electron chi connectivity index (χ0n) is 18.4. The van der Waals surface area contributed by atoms with Crippen LogP contribution >= 0.6 is 0 Å². The highest BCUT2D eigenvalue weighted by Crippen LogP contribution is 2.26. The highest BCUT2D eigenvalue weighted by molar-refractivity contribution is 6.04. The highest BCUT2D eigenvalue weighted by atomic mass is 16.5. The molecular weight excluding hydrogens is 388 g/mol. The molecule has 0 radical (unpaired) electrons. The van der Waals surface area contributed by atoms with Crippen LogP contribution in [0, 0.1) is 0 Å². The molecule has 1 saturated heterocycles. The van der Waals surface area contributed by atoms with E-state index in [4.69, 9.17) is 4.74 Å². The van der Waals surface area contributed by atoms with E-state index in [1.54, 1.807) is 19.1 Å². The first-order chi connectivity index (χ1) is 15.1. The fourth-order valence-electron chi connectivity index (χ4n) is 4.50. The smallest absolute Gasteiger partial charge is 0.265 e. The number of carbonyl (C=O) groups excluding carboxylic acids is 2. The molecule has 0 spiro atoms. The van der Waals surface area contributed by atoms with Crippen LogP contribution in [0.1, 0.15) is 66.9 Å². The number of hydrogen-bond acceptors (Lipinski definition) is 3. The molecule has 1 heterocycles. The Bertz CT molecular complexity index is 932. The Hall–Kier alpha value is -2.82. The lowest BCUT2D eigenvalue weighted by Gasteiger charge is -2.22. The fourth-order valence-corrected chi connectivity index (χ4v) is 4.50. The van der Waals surface area contributed by atoms with Crippen LogP contribution in [0.15, 0.2) is 42.5 Å². The summed E-state index contributed by atoms with van der Waals surface area (Å²) in [6, 6.07) is 13.4. The van der Waals surface area contributed by atoms with E-state index >= 15 is 0 Å². The maximum absolute atomic E-state index is 13.1. The molecule has 164 valence electrons. The molecule has 0 saturated carbocycles. The van der Waals surface area contributed by atoms with E-state index in [1.165, 1.54) is 36.8 Å². The van der Waals surface area contributed by atoms with Crippen LogP contribution in [0.5, 0.6) is 5.75 Å². The summed E-state index contributed by atoms with van der Waals surface area (Å²) < 4.78 is 5.94. The maximum Gasteiger partial charge on any atom is 0.265 e. The number of aryl methyl sites for hydroxylation is 2. The molecule has 0 unspecified atom stereocenters. The van der Waals surface area contributed by atoms with E-state index in [9.17, 15) is 9.59 Å². The van der Waals surface area contributed by atoms with Crippen molar-refractivity contribution >= 4 is 17.5 Å². The molecule has 0 aromatic heterocycles. The second-order valence-corrected chi connectivity index (χ2v) is 8.64. The van der Waals surface area contributed by atoms with Crippen molar-refractivity contribution in [1.29, 1.82) is 0 Å². The highest BCUT2D eigenvalue weighted by Gasteiger charge is 2.22. The second-order valence-electron chi connectivity index (χ2n) is 8.64. The SMILES string of the molecule is C[C@@H](Oc1ccc2c(c1)CCCC2)C(=O)Nc1ccccc1C(=O)N1CCCCCC1. The Morgan fingerprint density at radius 2 is 1.61 bits per heavy atom. The van der Waals surface area contributed by atoms with Gasteiger partial charge in [-0.05, 0) is 80.8 Å². The van der Waals surface area contributed by atoms with Crippen molar-refractivity contribution in [3.8, 4) is 5.75 Å². The van der Waals surface area contributed by atoms with Gasteiger partial charge in [-0.25, -0.2) is 0 Å². The molecule has 31 heavy (non-hydrogen) atoms. The number of para-hydroxylation sites is 1. The predicted octanol–water partition coefficient (Wildman–Crippen LogP) is 4.99. The lowest BCUT2D eigenvalue weighted by atomic mass is 9.92. The zero-order chi connectivity index (χ0) is 21.6. The lowest BCUT2D eigenvalue weighted by Crippen LogP contribution is -2.34. The number of nitrogens with zero attached hydrogens (tertiary/aromatic N) is 1. The van der Waals surface area contributed by atoms with E-state index in [2.05, 4.69) is 17.4 Å². The summed E-state index contributed by atoms with van der Waals surface area (Å²) in [5, 5.41) is 2.92. The molecule has 0 bridgehead atoms. The zero-order valence-corrected chi connectivity index (χ0v) is 18.4. The topological polar surface area (TPSA) is 58.6 Å². The van der Waals surface area contributed by atoms with Gasteiger partial charge in [0.15, 0.2) is 6.10 Å². The Balaban J connectivity index is 1.43. The minimum atomic E-state index is -0.664. The van der Waals surface area contributed by atoms with Crippen molar-refractivity contribution in [3.63, 3.8) is 0 Å². The normalized spacial score (nSPS) is 17.3. The lowest BCUT2D eigenvalue weighted by molar-refractivity contribution is -0.122. The van der Waals surface area contributed by atoms with Crippen molar-refractivity contribution in [3.05, 3.63) is 59.2 Å². The third kappa shape index (κ3) is 5.27. The van der Waals surface area contributed by atoms with Gasteiger partial charge in [0.1, 0.15) is 5.75 Å². The van der Waals surface area contributed by atoms with Gasteiger partial charge in [0.05, 0.1) is 11.3 Å². The number of likely N-dealkylation sites (tertiary alicyclic amines) is 1. The van der Waals surface area contributed by atoms with Gasteiger partial charge in [0.2, 0.25) is 0 Å². The molecule has 2 aromatic rings. The first kappa shape index (κ1) is 21.4. The van der Waals surface area contributed by atoms with E-state index < -0.39 is 6.10 Å². The van der Waals surface area contributed by atoms with Crippen LogP contribution in [0.25, 0.3) is 0 Å². The van der Waals surface area contributed by atoms with Crippen molar-refractivity contribution in [2.75, 3.05) is 18.4 Å². The average Bonchev–Trinajstić information content (AvgIpc) is 3.08. The minimum Gasteiger partial charge on any atom is -0.481 e. The number of amides is 2. The van der Waals surface area contributed by atoms with Crippen LogP contribution in [-0.2, 0) is 17.6 Å². The van der Waals surface area contributed by atoms with Crippen molar-refractivity contribution < 1.29 is 14.3 Å². The summed E-state index contributed by atoms with van der Waals surface area (Å²) in [5.41, 5.74) is 3.79. The number of ether oxygens (including phenoxy) is 1. The number of carbonyl (C=O) groups is 2. The number of nitrogens with one attached hydrogen (secondary N) is 1. The van der Waals surface area contributed by atoms with Crippen LogP contribution in [-0.4, -0.2) is 35.9 Å². The summed E-state index contributed by atoms with van der Waals surface area (Å²) in [4.78, 5) is 27.9. The predicted molar refractivity (Wildman–Crippen MR) is 123 cm³/mol. The van der Waals surface area contributed by atoms with Gasteiger partial charge in [0.25, 0.3) is 11.8 Å². The number of rotatable bonds is 5. The van der Waals surface area contributed by atoms with E-state index in [-0.39, 0.29) is 11.8 Å². The van der Waals surface area contributed by atoms with Gasteiger partial charge in [-0.15, -0.1) is 0 Å². The minimum absolute atomic E-state index is 0.0129. The number of fused-ring (bicyclic) bond motifs is 1. The van der Waals surface area contributed by atoms with Gasteiger partial charge in [-0.1, -0.05) is 31.0 Å². The Morgan fingerprint density at radius 1 is 0.903 bits per heavy atom. The fraction of sp³-hybridized carbons (Fsp3) is 0.462. The van der Waals surface area contributed by atoms with Crippen LogP contribution in [0.4, 0.5) is 5.69 Å². The molecule has 4 rings (SSSR count). The number of benzene rings is 2. The Labute approximate surface area is 184 Å². The summed E-state index contributed by atoms with van der Waals surface area (Å²) in [5.74, 6) is 0.451. The van der Waals surface area contributed by atoms with Crippen molar-refractivity contribution in [2.24, 2.45) is 0 Å². The van der Waals surface area contributed by atoms with Gasteiger partial charge in [-0.2, -0.15) is 0 Å².